The highest BCUT2D eigenvalue weighted by Crippen LogP contribution is 2.27. The Kier molecular flexibility index (Phi) is 10.0. The van der Waals surface area contributed by atoms with Crippen molar-refractivity contribution in [2.75, 3.05) is 10.6 Å². The summed E-state index contributed by atoms with van der Waals surface area (Å²) in [5.41, 5.74) is 2.46. The second kappa shape index (κ2) is 14.0. The molecule has 4 aromatic carbocycles. The van der Waals surface area contributed by atoms with E-state index in [2.05, 4.69) is 16.0 Å². The lowest BCUT2D eigenvalue weighted by molar-refractivity contribution is -0.115. The molecule has 3 amide bonds. The number of hydrogen-bond acceptors (Lipinski definition) is 5. The minimum Gasteiger partial charge on any atom is -0.325 e. The van der Waals surface area contributed by atoms with Crippen LogP contribution in [0.4, 0.5) is 15.8 Å². The highest BCUT2D eigenvalue weighted by atomic mass is 32.2. The van der Waals surface area contributed by atoms with E-state index in [1.54, 1.807) is 79.7 Å². The molecule has 212 valence electrons. The molecule has 0 heterocycles. The van der Waals surface area contributed by atoms with Gasteiger partial charge in [-0.05, 0) is 92.2 Å². The molecule has 3 N–H and O–H groups in total. The van der Waals surface area contributed by atoms with E-state index >= 15 is 0 Å². The van der Waals surface area contributed by atoms with Crippen LogP contribution in [0.25, 0.3) is 6.08 Å². The molecule has 0 saturated carbocycles. The van der Waals surface area contributed by atoms with Crippen LogP contribution in [-0.2, 0) is 9.59 Å². The first-order chi connectivity index (χ1) is 20.2. The minimum atomic E-state index is -0.578. The molecule has 0 spiro atoms. The fourth-order valence-corrected chi connectivity index (χ4v) is 4.73. The molecular formula is C33H28FN3O4S. The number of thioether (sulfide) groups is 1. The molecular weight excluding hydrogens is 553 g/mol. The van der Waals surface area contributed by atoms with Gasteiger partial charge in [0, 0.05) is 27.4 Å². The molecule has 1 atom stereocenters. The second-order valence-corrected chi connectivity index (χ2v) is 10.7. The summed E-state index contributed by atoms with van der Waals surface area (Å²) in [6, 6.07) is 27.6. The normalized spacial score (nSPS) is 11.7. The number of rotatable bonds is 10. The maximum atomic E-state index is 13.4. The van der Waals surface area contributed by atoms with Crippen molar-refractivity contribution in [1.82, 2.24) is 5.32 Å². The summed E-state index contributed by atoms with van der Waals surface area (Å²) in [6.45, 7) is 3.24. The average Bonchev–Trinajstić information content (AvgIpc) is 2.98. The zero-order valence-corrected chi connectivity index (χ0v) is 23.7. The van der Waals surface area contributed by atoms with Crippen LogP contribution in [0.3, 0.4) is 0 Å². The van der Waals surface area contributed by atoms with E-state index in [0.717, 1.165) is 4.90 Å². The summed E-state index contributed by atoms with van der Waals surface area (Å²) in [4.78, 5) is 51.1. The van der Waals surface area contributed by atoms with Crippen LogP contribution >= 0.6 is 11.8 Å². The van der Waals surface area contributed by atoms with Gasteiger partial charge in [0.15, 0.2) is 5.78 Å². The lowest BCUT2D eigenvalue weighted by atomic mass is 10.1. The van der Waals surface area contributed by atoms with Crippen molar-refractivity contribution in [2.24, 2.45) is 0 Å². The Balaban J connectivity index is 1.45. The van der Waals surface area contributed by atoms with Crippen molar-refractivity contribution >= 4 is 52.7 Å². The van der Waals surface area contributed by atoms with E-state index in [1.165, 1.54) is 49.0 Å². The smallest absolute Gasteiger partial charge is 0.272 e. The molecule has 9 heteroatoms. The van der Waals surface area contributed by atoms with E-state index in [-0.39, 0.29) is 17.4 Å². The Morgan fingerprint density at radius 3 is 2.12 bits per heavy atom. The van der Waals surface area contributed by atoms with Crippen LogP contribution in [-0.4, -0.2) is 28.8 Å². The number of halogens is 1. The first-order valence-electron chi connectivity index (χ1n) is 13.0. The lowest BCUT2D eigenvalue weighted by Crippen LogP contribution is -2.30. The van der Waals surface area contributed by atoms with E-state index in [4.69, 9.17) is 0 Å². The van der Waals surface area contributed by atoms with E-state index in [1.807, 2.05) is 6.07 Å². The van der Waals surface area contributed by atoms with Crippen molar-refractivity contribution in [2.45, 2.75) is 24.0 Å². The van der Waals surface area contributed by atoms with E-state index < -0.39 is 22.9 Å². The maximum Gasteiger partial charge on any atom is 0.272 e. The van der Waals surface area contributed by atoms with Gasteiger partial charge in [0.05, 0.1) is 5.25 Å². The van der Waals surface area contributed by atoms with Gasteiger partial charge >= 0.3 is 0 Å². The van der Waals surface area contributed by atoms with Crippen molar-refractivity contribution in [3.63, 3.8) is 0 Å². The number of carbonyl (C=O) groups excluding carboxylic acids is 4. The molecule has 0 aliphatic heterocycles. The number of hydrogen-bond donors (Lipinski definition) is 3. The average molecular weight is 582 g/mol. The maximum absolute atomic E-state index is 13.4. The van der Waals surface area contributed by atoms with Gasteiger partial charge < -0.3 is 16.0 Å². The van der Waals surface area contributed by atoms with Crippen LogP contribution in [0.5, 0.6) is 0 Å². The van der Waals surface area contributed by atoms with Crippen molar-refractivity contribution in [1.29, 1.82) is 0 Å². The molecule has 0 aliphatic carbocycles. The molecule has 0 aromatic heterocycles. The Bertz CT molecular complexity index is 1620. The Labute approximate surface area is 247 Å². The first kappa shape index (κ1) is 30.0. The number of anilines is 2. The minimum absolute atomic E-state index is 0.0305. The molecule has 0 radical (unpaired) electrons. The monoisotopic (exact) mass is 581 g/mol. The third kappa shape index (κ3) is 8.49. The zero-order chi connectivity index (χ0) is 30.1. The van der Waals surface area contributed by atoms with Gasteiger partial charge in [-0.1, -0.05) is 36.4 Å². The predicted octanol–water partition coefficient (Wildman–Crippen LogP) is 6.56. The molecule has 4 rings (SSSR count). The predicted molar refractivity (Wildman–Crippen MR) is 164 cm³/mol. The molecule has 0 bridgehead atoms. The van der Waals surface area contributed by atoms with Gasteiger partial charge in [-0.15, -0.1) is 11.8 Å². The third-order valence-electron chi connectivity index (χ3n) is 6.04. The fraction of sp³-hybridized carbons (Fsp3) is 0.0909. The summed E-state index contributed by atoms with van der Waals surface area (Å²) < 4.78 is 13.4. The standard InChI is InChI=1S/C33H28FN3O4S/c1-21(38)24-13-17-27(18-14-24)35-31(39)22(2)42-29-10-6-9-28(20-29)36-33(41)30(19-23-11-15-26(34)16-12-23)37-32(40)25-7-4-3-5-8-25/h3-20,22H,1-2H3,(H,35,39)(H,36,41)(H,37,40)/b30-19-. The number of carbonyl (C=O) groups is 4. The Morgan fingerprint density at radius 1 is 0.762 bits per heavy atom. The van der Waals surface area contributed by atoms with E-state index in [0.29, 0.717) is 28.1 Å². The van der Waals surface area contributed by atoms with Crippen molar-refractivity contribution in [3.05, 3.63) is 131 Å². The van der Waals surface area contributed by atoms with Crippen LogP contribution in [0.1, 0.15) is 40.1 Å². The molecule has 4 aromatic rings. The number of Topliss-reactive ketones (excluding diaryl/α,β-unsaturated/α-hetero) is 1. The van der Waals surface area contributed by atoms with Crippen LogP contribution < -0.4 is 16.0 Å². The fourth-order valence-electron chi connectivity index (χ4n) is 3.80. The number of ketones is 1. The topological polar surface area (TPSA) is 104 Å². The zero-order valence-electron chi connectivity index (χ0n) is 22.9. The van der Waals surface area contributed by atoms with E-state index in [9.17, 15) is 23.6 Å². The Morgan fingerprint density at radius 2 is 1.45 bits per heavy atom. The van der Waals surface area contributed by atoms with Crippen molar-refractivity contribution < 1.29 is 23.6 Å². The van der Waals surface area contributed by atoms with Crippen LogP contribution in [0.15, 0.2) is 114 Å². The highest BCUT2D eigenvalue weighted by molar-refractivity contribution is 8.00. The molecule has 42 heavy (non-hydrogen) atoms. The summed E-state index contributed by atoms with van der Waals surface area (Å²) in [6.07, 6.45) is 1.46. The number of nitrogens with one attached hydrogen (secondary N) is 3. The van der Waals surface area contributed by atoms with Gasteiger partial charge in [-0.3, -0.25) is 19.2 Å². The van der Waals surface area contributed by atoms with Gasteiger partial charge in [-0.2, -0.15) is 0 Å². The van der Waals surface area contributed by atoms with Crippen molar-refractivity contribution in [3.8, 4) is 0 Å². The molecule has 1 unspecified atom stereocenters. The number of amides is 3. The van der Waals surface area contributed by atoms with Gasteiger partial charge in [0.25, 0.3) is 11.8 Å². The van der Waals surface area contributed by atoms with Crippen LogP contribution in [0.2, 0.25) is 0 Å². The molecule has 7 nitrogen and oxygen atoms in total. The van der Waals surface area contributed by atoms with Gasteiger partial charge in [-0.25, -0.2) is 4.39 Å². The lowest BCUT2D eigenvalue weighted by Gasteiger charge is -2.14. The number of benzene rings is 4. The van der Waals surface area contributed by atoms with Gasteiger partial charge in [0.2, 0.25) is 5.91 Å². The summed E-state index contributed by atoms with van der Waals surface area (Å²) >= 11 is 1.30. The highest BCUT2D eigenvalue weighted by Gasteiger charge is 2.17. The molecule has 0 saturated heterocycles. The van der Waals surface area contributed by atoms with Gasteiger partial charge in [0.1, 0.15) is 11.5 Å². The Hall–Kier alpha value is -5.02. The first-order valence-corrected chi connectivity index (χ1v) is 13.9. The second-order valence-electron chi connectivity index (χ2n) is 9.29. The quantitative estimate of drug-likeness (QED) is 0.112. The largest absolute Gasteiger partial charge is 0.325 e. The van der Waals surface area contributed by atoms with Crippen LogP contribution in [0, 0.1) is 5.82 Å². The SMILES string of the molecule is CC(=O)c1ccc(NC(=O)C(C)Sc2cccc(NC(=O)/C(=C/c3ccc(F)cc3)NC(=O)c3ccccc3)c2)cc1. The molecule has 0 aliphatic rings. The summed E-state index contributed by atoms with van der Waals surface area (Å²) in [5, 5.41) is 7.81. The summed E-state index contributed by atoms with van der Waals surface area (Å²) in [5.74, 6) is -1.75. The summed E-state index contributed by atoms with van der Waals surface area (Å²) in [7, 11) is 0. The third-order valence-corrected chi connectivity index (χ3v) is 7.14. The molecule has 0 fully saturated rings.